The fraction of sp³-hybridized carbons (Fsp3) is 0.167. The number of anilines is 1. The van der Waals surface area contributed by atoms with Crippen LogP contribution in [-0.4, -0.2) is 19.6 Å². The molecule has 1 atom stereocenters. The van der Waals surface area contributed by atoms with Gasteiger partial charge in [0, 0.05) is 5.69 Å². The molecule has 0 radical (unpaired) electrons. The first-order chi connectivity index (χ1) is 10.7. The maximum atomic E-state index is 12.3. The van der Waals surface area contributed by atoms with Crippen LogP contribution in [0.25, 0.3) is 0 Å². The minimum atomic E-state index is -0.511. The van der Waals surface area contributed by atoms with Gasteiger partial charge in [-0.15, -0.1) is 6.42 Å². The van der Waals surface area contributed by atoms with E-state index in [0.717, 1.165) is 17.0 Å². The molecule has 0 aromatic heterocycles. The summed E-state index contributed by atoms with van der Waals surface area (Å²) in [6.45, 7) is 0.201. The van der Waals surface area contributed by atoms with E-state index in [4.69, 9.17) is 11.2 Å². The lowest BCUT2D eigenvalue weighted by molar-refractivity contribution is -0.121. The largest absolute Gasteiger partial charge is 0.497 e. The molecule has 0 aliphatic rings. The highest BCUT2D eigenvalue weighted by molar-refractivity contribution is 5.86. The smallest absolute Gasteiger partial charge is 0.247 e. The van der Waals surface area contributed by atoms with Crippen LogP contribution in [0.2, 0.25) is 0 Å². The maximum Gasteiger partial charge on any atom is 0.247 e. The first kappa shape index (κ1) is 15.5. The highest BCUT2D eigenvalue weighted by Gasteiger charge is 2.19. The summed E-state index contributed by atoms with van der Waals surface area (Å²) in [5.74, 6) is 3.00. The zero-order chi connectivity index (χ0) is 15.8. The van der Waals surface area contributed by atoms with Gasteiger partial charge in [-0.25, -0.2) is 0 Å². The summed E-state index contributed by atoms with van der Waals surface area (Å²) >= 11 is 0. The van der Waals surface area contributed by atoms with Crippen LogP contribution in [0.5, 0.6) is 5.75 Å². The minimum Gasteiger partial charge on any atom is -0.497 e. The van der Waals surface area contributed by atoms with Gasteiger partial charge in [-0.2, -0.15) is 0 Å². The molecule has 0 spiro atoms. The summed E-state index contributed by atoms with van der Waals surface area (Å²) in [7, 11) is 1.61. The molecule has 0 aliphatic heterocycles. The van der Waals surface area contributed by atoms with Gasteiger partial charge in [0.05, 0.1) is 13.7 Å². The first-order valence-corrected chi connectivity index (χ1v) is 6.91. The molecule has 0 saturated heterocycles. The average Bonchev–Trinajstić information content (AvgIpc) is 2.59. The van der Waals surface area contributed by atoms with Crippen molar-refractivity contribution >= 4 is 11.6 Å². The Kier molecular flexibility index (Phi) is 5.44. The van der Waals surface area contributed by atoms with Gasteiger partial charge in [0.15, 0.2) is 0 Å². The Labute approximate surface area is 130 Å². The second-order valence-corrected chi connectivity index (χ2v) is 4.64. The number of carbonyl (C=O) groups is 1. The lowest BCUT2D eigenvalue weighted by Gasteiger charge is -2.19. The fourth-order valence-corrected chi connectivity index (χ4v) is 2.04. The van der Waals surface area contributed by atoms with Gasteiger partial charge >= 0.3 is 0 Å². The molecule has 2 N–H and O–H groups in total. The molecule has 22 heavy (non-hydrogen) atoms. The van der Waals surface area contributed by atoms with Crippen LogP contribution >= 0.6 is 0 Å². The predicted molar refractivity (Wildman–Crippen MR) is 87.6 cm³/mol. The Bertz CT molecular complexity index is 645. The molecule has 0 saturated carbocycles. The van der Waals surface area contributed by atoms with Gasteiger partial charge < -0.3 is 15.4 Å². The van der Waals surface area contributed by atoms with Crippen LogP contribution in [-0.2, 0) is 4.79 Å². The van der Waals surface area contributed by atoms with Gasteiger partial charge in [-0.3, -0.25) is 4.79 Å². The van der Waals surface area contributed by atoms with Crippen molar-refractivity contribution in [3.63, 3.8) is 0 Å². The molecule has 0 aliphatic carbocycles. The Balaban J connectivity index is 2.20. The van der Waals surface area contributed by atoms with E-state index in [9.17, 15) is 4.79 Å². The number of terminal acetylenes is 1. The third-order valence-corrected chi connectivity index (χ3v) is 3.16. The zero-order valence-corrected chi connectivity index (χ0v) is 12.4. The second kappa shape index (κ2) is 7.75. The number of carbonyl (C=O) groups excluding carboxylic acids is 1. The van der Waals surface area contributed by atoms with E-state index in [-0.39, 0.29) is 12.5 Å². The first-order valence-electron chi connectivity index (χ1n) is 6.91. The van der Waals surface area contributed by atoms with Crippen molar-refractivity contribution in [2.24, 2.45) is 0 Å². The normalized spacial score (nSPS) is 11.1. The van der Waals surface area contributed by atoms with Crippen molar-refractivity contribution < 1.29 is 9.53 Å². The number of methoxy groups -OCH3 is 1. The van der Waals surface area contributed by atoms with Gasteiger partial charge in [0.25, 0.3) is 0 Å². The number of hydrogen-bond acceptors (Lipinski definition) is 3. The van der Waals surface area contributed by atoms with Gasteiger partial charge in [0.1, 0.15) is 11.8 Å². The average molecular weight is 294 g/mol. The number of amides is 1. The summed E-state index contributed by atoms with van der Waals surface area (Å²) in [4.78, 5) is 12.3. The highest BCUT2D eigenvalue weighted by Crippen LogP contribution is 2.22. The quantitative estimate of drug-likeness (QED) is 0.805. The molecule has 4 nitrogen and oxygen atoms in total. The molecule has 2 rings (SSSR count). The Morgan fingerprint density at radius 1 is 1.18 bits per heavy atom. The summed E-state index contributed by atoms with van der Waals surface area (Å²) in [5, 5.41) is 5.93. The minimum absolute atomic E-state index is 0.167. The van der Waals surface area contributed by atoms with E-state index in [2.05, 4.69) is 16.6 Å². The third kappa shape index (κ3) is 4.03. The zero-order valence-electron chi connectivity index (χ0n) is 12.4. The molecule has 2 aromatic carbocycles. The fourth-order valence-electron chi connectivity index (χ4n) is 2.04. The number of nitrogens with one attached hydrogen (secondary N) is 2. The standard InChI is InChI=1S/C18H18N2O2/c1-3-13-19-18(21)17(14-7-5-4-6-8-14)20-15-9-11-16(22-2)12-10-15/h1,4-12,17,20H,13H2,2H3,(H,19,21)/t17-/m0/s1. The number of rotatable bonds is 6. The van der Waals surface area contributed by atoms with E-state index in [0.29, 0.717) is 0 Å². The molecule has 112 valence electrons. The summed E-state index contributed by atoms with van der Waals surface area (Å²) in [6, 6.07) is 16.4. The molecule has 0 heterocycles. The molecule has 0 fully saturated rings. The number of benzene rings is 2. The van der Waals surface area contributed by atoms with Crippen molar-refractivity contribution in [1.29, 1.82) is 0 Å². The van der Waals surface area contributed by atoms with Crippen LogP contribution < -0.4 is 15.4 Å². The molecular weight excluding hydrogens is 276 g/mol. The van der Waals surface area contributed by atoms with Gasteiger partial charge in [0.2, 0.25) is 5.91 Å². The highest BCUT2D eigenvalue weighted by atomic mass is 16.5. The Hall–Kier alpha value is -2.93. The van der Waals surface area contributed by atoms with Gasteiger partial charge in [-0.1, -0.05) is 36.3 Å². The molecule has 0 bridgehead atoms. The summed E-state index contributed by atoms with van der Waals surface area (Å²) in [5.41, 5.74) is 1.69. The lowest BCUT2D eigenvalue weighted by Crippen LogP contribution is -2.33. The van der Waals surface area contributed by atoms with E-state index < -0.39 is 6.04 Å². The SMILES string of the molecule is C#CCNC(=O)[C@@H](Nc1ccc(OC)cc1)c1ccccc1. The topological polar surface area (TPSA) is 50.4 Å². The van der Waals surface area contributed by atoms with Crippen LogP contribution in [0, 0.1) is 12.3 Å². The summed E-state index contributed by atoms with van der Waals surface area (Å²) in [6.07, 6.45) is 5.20. The molecule has 1 amide bonds. The van der Waals surface area contributed by atoms with Crippen LogP contribution in [0.15, 0.2) is 54.6 Å². The Morgan fingerprint density at radius 2 is 1.86 bits per heavy atom. The van der Waals surface area contributed by atoms with Crippen molar-refractivity contribution in [3.05, 3.63) is 60.2 Å². The predicted octanol–water partition coefficient (Wildman–Crippen LogP) is 2.60. The van der Waals surface area contributed by atoms with E-state index in [1.807, 2.05) is 54.6 Å². The van der Waals surface area contributed by atoms with Gasteiger partial charge in [-0.05, 0) is 29.8 Å². The van der Waals surface area contributed by atoms with Crippen LogP contribution in [0.1, 0.15) is 11.6 Å². The van der Waals surface area contributed by atoms with Crippen molar-refractivity contribution in [1.82, 2.24) is 5.32 Å². The van der Waals surface area contributed by atoms with Crippen molar-refractivity contribution in [2.75, 3.05) is 19.0 Å². The molecule has 4 heteroatoms. The second-order valence-electron chi connectivity index (χ2n) is 4.64. The van der Waals surface area contributed by atoms with E-state index >= 15 is 0 Å². The summed E-state index contributed by atoms with van der Waals surface area (Å²) < 4.78 is 5.13. The molecule has 2 aromatic rings. The third-order valence-electron chi connectivity index (χ3n) is 3.16. The van der Waals surface area contributed by atoms with E-state index in [1.54, 1.807) is 7.11 Å². The van der Waals surface area contributed by atoms with Crippen molar-refractivity contribution in [2.45, 2.75) is 6.04 Å². The van der Waals surface area contributed by atoms with Crippen LogP contribution in [0.4, 0.5) is 5.69 Å². The number of ether oxygens (including phenoxy) is 1. The Morgan fingerprint density at radius 3 is 2.45 bits per heavy atom. The van der Waals surface area contributed by atoms with Crippen molar-refractivity contribution in [3.8, 4) is 18.1 Å². The number of hydrogen-bond donors (Lipinski definition) is 2. The van der Waals surface area contributed by atoms with Crippen LogP contribution in [0.3, 0.4) is 0 Å². The molecular formula is C18H18N2O2. The van der Waals surface area contributed by atoms with E-state index in [1.165, 1.54) is 0 Å². The maximum absolute atomic E-state index is 12.3. The molecule has 0 unspecified atom stereocenters. The lowest BCUT2D eigenvalue weighted by atomic mass is 10.1. The monoisotopic (exact) mass is 294 g/mol.